The van der Waals surface area contributed by atoms with Gasteiger partial charge in [0.1, 0.15) is 22.2 Å². The third kappa shape index (κ3) is 9.33. The fourth-order valence-corrected chi connectivity index (χ4v) is 2.83. The van der Waals surface area contributed by atoms with Crippen LogP contribution in [0.2, 0.25) is 0 Å². The molecule has 13 heteroatoms. The molecule has 9 nitrogen and oxygen atoms in total. The summed E-state index contributed by atoms with van der Waals surface area (Å²) in [6.45, 7) is 1.64. The lowest BCUT2D eigenvalue weighted by atomic mass is 10.3. The number of benzene rings is 1. The molecule has 1 aromatic carbocycles. The fourth-order valence-electron chi connectivity index (χ4n) is 2.11. The summed E-state index contributed by atoms with van der Waals surface area (Å²) in [4.78, 5) is 38.7. The van der Waals surface area contributed by atoms with Crippen molar-refractivity contribution >= 4 is 29.1 Å². The highest BCUT2D eigenvalue weighted by Gasteiger charge is 2.31. The highest BCUT2D eigenvalue weighted by Crippen LogP contribution is 2.24. The van der Waals surface area contributed by atoms with Crippen molar-refractivity contribution in [2.75, 3.05) is 19.7 Å². The summed E-state index contributed by atoms with van der Waals surface area (Å²) in [6, 6.07) is 4.62. The molecule has 2 aromatic rings. The Balaban J connectivity index is 1.70. The highest BCUT2D eigenvalue weighted by molar-refractivity contribution is 7.09. The summed E-state index contributed by atoms with van der Waals surface area (Å²) in [7, 11) is 0. The van der Waals surface area contributed by atoms with Gasteiger partial charge >= 0.3 is 6.36 Å². The molecule has 0 atom stereocenters. The molecule has 1 heterocycles. The average Bonchev–Trinajstić information content (AvgIpc) is 3.17. The number of nitrogens with zero attached hydrogens (tertiary/aromatic N) is 1. The Kier molecular flexibility index (Phi) is 8.61. The number of ether oxygens (including phenoxy) is 2. The third-order valence-electron chi connectivity index (χ3n) is 3.43. The fraction of sp³-hybridized carbons (Fsp3) is 0.333. The second kappa shape index (κ2) is 11.2. The van der Waals surface area contributed by atoms with E-state index in [1.54, 1.807) is 0 Å². The minimum atomic E-state index is -4.79. The van der Waals surface area contributed by atoms with Crippen LogP contribution in [0.4, 0.5) is 13.2 Å². The van der Waals surface area contributed by atoms with Crippen LogP contribution in [0.1, 0.15) is 22.4 Å². The van der Waals surface area contributed by atoms with Crippen LogP contribution in [0.25, 0.3) is 0 Å². The first kappa shape index (κ1) is 23.9. The van der Waals surface area contributed by atoms with E-state index in [-0.39, 0.29) is 37.0 Å². The lowest BCUT2D eigenvalue weighted by Crippen LogP contribution is -2.33. The Bertz CT molecular complexity index is 902. The number of halogens is 3. The number of carbonyl (C=O) groups excluding carboxylic acids is 3. The predicted octanol–water partition coefficient (Wildman–Crippen LogP) is 1.60. The highest BCUT2D eigenvalue weighted by atomic mass is 32.1. The van der Waals surface area contributed by atoms with Gasteiger partial charge in [-0.25, -0.2) is 4.98 Å². The zero-order valence-corrected chi connectivity index (χ0v) is 17.1. The van der Waals surface area contributed by atoms with E-state index in [2.05, 4.69) is 25.7 Å². The number of rotatable bonds is 10. The first-order chi connectivity index (χ1) is 14.6. The molecule has 0 radical (unpaired) electrons. The largest absolute Gasteiger partial charge is 0.573 e. The van der Waals surface area contributed by atoms with Gasteiger partial charge in [-0.2, -0.15) is 0 Å². The van der Waals surface area contributed by atoms with E-state index in [0.29, 0.717) is 11.6 Å². The van der Waals surface area contributed by atoms with E-state index in [9.17, 15) is 27.6 Å². The molecule has 3 amide bonds. The molecular weight excluding hydrogens is 441 g/mol. The van der Waals surface area contributed by atoms with Gasteiger partial charge in [-0.15, -0.1) is 24.5 Å². The number of hydrogen-bond donors (Lipinski definition) is 3. The van der Waals surface area contributed by atoms with Gasteiger partial charge in [0.2, 0.25) is 5.91 Å². The molecule has 0 unspecified atom stereocenters. The van der Waals surface area contributed by atoms with E-state index in [1.165, 1.54) is 35.8 Å². The number of amides is 3. The second-order valence-electron chi connectivity index (χ2n) is 5.95. The number of thiazole rings is 1. The normalized spacial score (nSPS) is 10.8. The summed E-state index contributed by atoms with van der Waals surface area (Å²) in [5, 5.41) is 9.74. The maximum absolute atomic E-state index is 12.1. The summed E-state index contributed by atoms with van der Waals surface area (Å²) < 4.78 is 45.3. The van der Waals surface area contributed by atoms with Crippen molar-refractivity contribution in [2.45, 2.75) is 19.8 Å². The van der Waals surface area contributed by atoms with Crippen molar-refractivity contribution in [2.24, 2.45) is 0 Å². The third-order valence-corrected chi connectivity index (χ3v) is 4.28. The molecule has 3 N–H and O–H groups in total. The molecule has 0 spiro atoms. The van der Waals surface area contributed by atoms with Gasteiger partial charge in [0.05, 0.1) is 6.54 Å². The summed E-state index contributed by atoms with van der Waals surface area (Å²) >= 11 is 1.18. The number of carbonyl (C=O) groups is 3. The lowest BCUT2D eigenvalue weighted by molar-refractivity contribution is -0.274. The van der Waals surface area contributed by atoms with Crippen LogP contribution in [0, 0.1) is 0 Å². The summed E-state index contributed by atoms with van der Waals surface area (Å²) in [5.74, 6) is -1.29. The van der Waals surface area contributed by atoms with Gasteiger partial charge in [-0.05, 0) is 24.3 Å². The standard InChI is InChI=1S/C18H19F3N4O5S/c1-11(26)22-6-7-23-17(28)14-10-31-16(25-14)8-24-15(27)9-29-12-2-4-13(5-3-12)30-18(19,20)21/h2-5,10H,6-9H2,1H3,(H,22,26)(H,23,28)(H,24,27). The van der Waals surface area contributed by atoms with Gasteiger partial charge in [-0.1, -0.05) is 0 Å². The summed E-state index contributed by atoms with van der Waals surface area (Å²) in [6.07, 6.45) is -4.79. The average molecular weight is 460 g/mol. The van der Waals surface area contributed by atoms with E-state index in [0.717, 1.165) is 12.1 Å². The lowest BCUT2D eigenvalue weighted by Gasteiger charge is -2.10. The molecule has 0 aliphatic rings. The van der Waals surface area contributed by atoms with Gasteiger partial charge in [0.15, 0.2) is 6.61 Å². The van der Waals surface area contributed by atoms with Crippen molar-refractivity contribution in [3.8, 4) is 11.5 Å². The zero-order valence-electron chi connectivity index (χ0n) is 16.2. The van der Waals surface area contributed by atoms with Crippen LogP contribution >= 0.6 is 11.3 Å². The van der Waals surface area contributed by atoms with Crippen LogP contribution in [0.3, 0.4) is 0 Å². The molecule has 0 saturated heterocycles. The maximum atomic E-state index is 12.1. The predicted molar refractivity (Wildman–Crippen MR) is 104 cm³/mol. The van der Waals surface area contributed by atoms with E-state index in [4.69, 9.17) is 4.74 Å². The van der Waals surface area contributed by atoms with Crippen molar-refractivity contribution in [1.82, 2.24) is 20.9 Å². The molecule has 0 fully saturated rings. The smallest absolute Gasteiger partial charge is 0.484 e. The molecular formula is C18H19F3N4O5S. The maximum Gasteiger partial charge on any atom is 0.573 e. The van der Waals surface area contributed by atoms with Crippen molar-refractivity contribution in [1.29, 1.82) is 0 Å². The topological polar surface area (TPSA) is 119 Å². The Hall–Kier alpha value is -3.35. The molecule has 31 heavy (non-hydrogen) atoms. The number of alkyl halides is 3. The Morgan fingerprint density at radius 1 is 1.03 bits per heavy atom. The van der Waals surface area contributed by atoms with E-state index >= 15 is 0 Å². The summed E-state index contributed by atoms with van der Waals surface area (Å²) in [5.41, 5.74) is 0.189. The van der Waals surface area contributed by atoms with E-state index in [1.807, 2.05) is 0 Å². The van der Waals surface area contributed by atoms with Crippen LogP contribution in [0.5, 0.6) is 11.5 Å². The Labute approximate surface area is 178 Å². The van der Waals surface area contributed by atoms with Crippen LogP contribution in [-0.4, -0.2) is 48.8 Å². The molecule has 0 aliphatic heterocycles. The molecule has 0 saturated carbocycles. The van der Waals surface area contributed by atoms with Gasteiger partial charge in [-0.3, -0.25) is 14.4 Å². The zero-order chi connectivity index (χ0) is 22.9. The minimum Gasteiger partial charge on any atom is -0.484 e. The number of aromatic nitrogens is 1. The molecule has 1 aromatic heterocycles. The Morgan fingerprint density at radius 2 is 1.68 bits per heavy atom. The molecule has 0 aliphatic carbocycles. The van der Waals surface area contributed by atoms with Gasteiger partial charge in [0, 0.05) is 25.4 Å². The first-order valence-electron chi connectivity index (χ1n) is 8.85. The van der Waals surface area contributed by atoms with Crippen LogP contribution in [0.15, 0.2) is 29.6 Å². The van der Waals surface area contributed by atoms with Gasteiger partial charge < -0.3 is 25.4 Å². The van der Waals surface area contributed by atoms with Crippen LogP contribution in [-0.2, 0) is 16.1 Å². The second-order valence-corrected chi connectivity index (χ2v) is 6.89. The minimum absolute atomic E-state index is 0.0738. The molecule has 2 rings (SSSR count). The van der Waals surface area contributed by atoms with Crippen LogP contribution < -0.4 is 25.4 Å². The quantitative estimate of drug-likeness (QED) is 0.464. The van der Waals surface area contributed by atoms with Gasteiger partial charge in [0.25, 0.3) is 11.8 Å². The van der Waals surface area contributed by atoms with Crippen molar-refractivity contribution < 1.29 is 37.0 Å². The molecule has 168 valence electrons. The monoisotopic (exact) mass is 460 g/mol. The SMILES string of the molecule is CC(=O)NCCNC(=O)c1csc(CNC(=O)COc2ccc(OC(F)(F)F)cc2)n1. The van der Waals surface area contributed by atoms with Crippen molar-refractivity contribution in [3.63, 3.8) is 0 Å². The number of nitrogens with one attached hydrogen (secondary N) is 3. The number of hydrogen-bond acceptors (Lipinski definition) is 7. The first-order valence-corrected chi connectivity index (χ1v) is 9.72. The molecule has 0 bridgehead atoms. The Morgan fingerprint density at radius 3 is 2.32 bits per heavy atom. The van der Waals surface area contributed by atoms with E-state index < -0.39 is 23.9 Å². The van der Waals surface area contributed by atoms with Crippen molar-refractivity contribution in [3.05, 3.63) is 40.3 Å².